The largest absolute Gasteiger partial charge is 0.495 e. The van der Waals surface area contributed by atoms with Crippen LogP contribution in [0.5, 0.6) is 5.75 Å². The van der Waals surface area contributed by atoms with Gasteiger partial charge in [-0.2, -0.15) is 0 Å². The molecule has 1 atom stereocenters. The number of benzene rings is 2. The standard InChI is InChI=1S/C17H22N2O3S/c1-13(14-8-6-5-7-9-14)18-15-10-11-16(22-4)17(12-15)23(20,21)19(2)3/h5-13,18H,1-4H3. The van der Waals surface area contributed by atoms with Gasteiger partial charge in [0.25, 0.3) is 0 Å². The second-order valence-electron chi connectivity index (χ2n) is 5.43. The molecule has 1 unspecified atom stereocenters. The van der Waals surface area contributed by atoms with Crippen LogP contribution in [0, 0.1) is 0 Å². The van der Waals surface area contributed by atoms with Crippen molar-refractivity contribution >= 4 is 15.7 Å². The van der Waals surface area contributed by atoms with Gasteiger partial charge in [-0.05, 0) is 30.7 Å². The first kappa shape index (κ1) is 17.3. The molecular formula is C17H22N2O3S. The molecule has 6 heteroatoms. The number of rotatable bonds is 6. The molecule has 0 heterocycles. The quantitative estimate of drug-likeness (QED) is 0.882. The molecule has 0 aliphatic heterocycles. The Bertz CT molecular complexity index is 759. The highest BCUT2D eigenvalue weighted by Gasteiger charge is 2.22. The maximum atomic E-state index is 12.4. The normalized spacial score (nSPS) is 12.9. The molecule has 124 valence electrons. The minimum atomic E-state index is -3.57. The molecular weight excluding hydrogens is 312 g/mol. The lowest BCUT2D eigenvalue weighted by Gasteiger charge is -2.19. The Kier molecular flexibility index (Phi) is 5.28. The van der Waals surface area contributed by atoms with Crippen LogP contribution in [0.15, 0.2) is 53.4 Å². The Hall–Kier alpha value is -2.05. The number of nitrogens with one attached hydrogen (secondary N) is 1. The first-order chi connectivity index (χ1) is 10.9. The van der Waals surface area contributed by atoms with E-state index in [1.165, 1.54) is 25.5 Å². The monoisotopic (exact) mass is 334 g/mol. The topological polar surface area (TPSA) is 58.6 Å². The summed E-state index contributed by atoms with van der Waals surface area (Å²) in [5, 5.41) is 3.32. The van der Waals surface area contributed by atoms with Gasteiger partial charge in [0.2, 0.25) is 10.0 Å². The maximum Gasteiger partial charge on any atom is 0.246 e. The molecule has 2 rings (SSSR count). The van der Waals surface area contributed by atoms with Crippen molar-refractivity contribution in [3.8, 4) is 5.75 Å². The molecule has 2 aromatic carbocycles. The first-order valence-corrected chi connectivity index (χ1v) is 8.72. The molecule has 0 aliphatic carbocycles. The van der Waals surface area contributed by atoms with Crippen LogP contribution in [0.3, 0.4) is 0 Å². The van der Waals surface area contributed by atoms with E-state index < -0.39 is 10.0 Å². The average Bonchev–Trinajstić information content (AvgIpc) is 2.55. The minimum absolute atomic E-state index is 0.0551. The van der Waals surface area contributed by atoms with E-state index in [0.717, 1.165) is 11.3 Å². The van der Waals surface area contributed by atoms with Gasteiger partial charge in [-0.1, -0.05) is 30.3 Å². The number of ether oxygens (including phenoxy) is 1. The third-order valence-corrected chi connectivity index (χ3v) is 5.44. The van der Waals surface area contributed by atoms with Crippen LogP contribution < -0.4 is 10.1 Å². The SMILES string of the molecule is COc1ccc(NC(C)c2ccccc2)cc1S(=O)(=O)N(C)C. The fourth-order valence-corrected chi connectivity index (χ4v) is 3.31. The molecule has 0 aromatic heterocycles. The molecule has 0 spiro atoms. The fraction of sp³-hybridized carbons (Fsp3) is 0.294. The molecule has 5 nitrogen and oxygen atoms in total. The van der Waals surface area contributed by atoms with Crippen LogP contribution in [0.1, 0.15) is 18.5 Å². The minimum Gasteiger partial charge on any atom is -0.495 e. The van der Waals surface area contributed by atoms with Gasteiger partial charge in [0.1, 0.15) is 10.6 Å². The van der Waals surface area contributed by atoms with E-state index in [-0.39, 0.29) is 10.9 Å². The highest BCUT2D eigenvalue weighted by molar-refractivity contribution is 7.89. The Morgan fingerprint density at radius 2 is 1.74 bits per heavy atom. The lowest BCUT2D eigenvalue weighted by atomic mass is 10.1. The third kappa shape index (κ3) is 3.83. The highest BCUT2D eigenvalue weighted by Crippen LogP contribution is 2.30. The summed E-state index contributed by atoms with van der Waals surface area (Å²) in [6, 6.07) is 15.1. The number of methoxy groups -OCH3 is 1. The summed E-state index contributed by atoms with van der Waals surface area (Å²) in [4.78, 5) is 0.148. The van der Waals surface area contributed by atoms with E-state index in [0.29, 0.717) is 5.75 Å². The number of anilines is 1. The summed E-state index contributed by atoms with van der Waals surface area (Å²) < 4.78 is 31.2. The zero-order valence-corrected chi connectivity index (χ0v) is 14.6. The van der Waals surface area contributed by atoms with Gasteiger partial charge in [-0.25, -0.2) is 12.7 Å². The molecule has 2 aromatic rings. The maximum absolute atomic E-state index is 12.4. The zero-order valence-electron chi connectivity index (χ0n) is 13.8. The summed E-state index contributed by atoms with van der Waals surface area (Å²) in [6.45, 7) is 2.03. The van der Waals surface area contributed by atoms with Crippen molar-refractivity contribution in [1.29, 1.82) is 0 Å². The zero-order chi connectivity index (χ0) is 17.0. The van der Waals surface area contributed by atoms with Crippen LogP contribution in [-0.4, -0.2) is 33.9 Å². The predicted molar refractivity (Wildman–Crippen MR) is 92.3 cm³/mol. The van der Waals surface area contributed by atoms with E-state index >= 15 is 0 Å². The van der Waals surface area contributed by atoms with Crippen molar-refractivity contribution in [3.05, 3.63) is 54.1 Å². The third-order valence-electron chi connectivity index (χ3n) is 3.60. The lowest BCUT2D eigenvalue weighted by Crippen LogP contribution is -2.23. The van der Waals surface area contributed by atoms with Crippen LogP contribution in [0.2, 0.25) is 0 Å². The second kappa shape index (κ2) is 7.02. The lowest BCUT2D eigenvalue weighted by molar-refractivity contribution is 0.400. The summed E-state index contributed by atoms with van der Waals surface area (Å²) in [7, 11) is 0.891. The van der Waals surface area contributed by atoms with Gasteiger partial charge in [0.15, 0.2) is 0 Å². The van der Waals surface area contributed by atoms with Gasteiger partial charge >= 0.3 is 0 Å². The average molecular weight is 334 g/mol. The molecule has 23 heavy (non-hydrogen) atoms. The van der Waals surface area contributed by atoms with Gasteiger partial charge in [0.05, 0.1) is 7.11 Å². The van der Waals surface area contributed by atoms with Crippen LogP contribution in [0.25, 0.3) is 0 Å². The Labute approximate surface area is 137 Å². The summed E-state index contributed by atoms with van der Waals surface area (Å²) in [6.07, 6.45) is 0. The Morgan fingerprint density at radius 3 is 2.30 bits per heavy atom. The van der Waals surface area contributed by atoms with E-state index in [2.05, 4.69) is 5.32 Å². The van der Waals surface area contributed by atoms with Crippen LogP contribution in [0.4, 0.5) is 5.69 Å². The number of hydrogen-bond acceptors (Lipinski definition) is 4. The van der Waals surface area contributed by atoms with E-state index in [9.17, 15) is 8.42 Å². The number of sulfonamides is 1. The molecule has 1 N–H and O–H groups in total. The number of hydrogen-bond donors (Lipinski definition) is 1. The first-order valence-electron chi connectivity index (χ1n) is 7.28. The highest BCUT2D eigenvalue weighted by atomic mass is 32.2. The van der Waals surface area contributed by atoms with E-state index in [1.807, 2.05) is 43.3 Å². The second-order valence-corrected chi connectivity index (χ2v) is 7.55. The summed E-state index contributed by atoms with van der Waals surface area (Å²) >= 11 is 0. The molecule has 0 fully saturated rings. The van der Waals surface area contributed by atoms with Gasteiger partial charge in [-0.3, -0.25) is 0 Å². The number of nitrogens with zero attached hydrogens (tertiary/aromatic N) is 1. The van der Waals surface area contributed by atoms with Gasteiger partial charge < -0.3 is 10.1 Å². The smallest absolute Gasteiger partial charge is 0.246 e. The van der Waals surface area contributed by atoms with Crippen molar-refractivity contribution in [2.45, 2.75) is 17.9 Å². The van der Waals surface area contributed by atoms with Crippen molar-refractivity contribution in [2.75, 3.05) is 26.5 Å². The fourth-order valence-electron chi connectivity index (χ4n) is 2.24. The van der Waals surface area contributed by atoms with E-state index in [1.54, 1.807) is 12.1 Å². The molecule has 0 saturated heterocycles. The Morgan fingerprint density at radius 1 is 1.09 bits per heavy atom. The summed E-state index contributed by atoms with van der Waals surface area (Å²) in [5.41, 5.74) is 1.85. The molecule has 0 bridgehead atoms. The van der Waals surface area contributed by atoms with Crippen molar-refractivity contribution in [3.63, 3.8) is 0 Å². The van der Waals surface area contributed by atoms with Crippen molar-refractivity contribution in [1.82, 2.24) is 4.31 Å². The molecule has 0 radical (unpaired) electrons. The molecule has 0 saturated carbocycles. The molecule has 0 amide bonds. The van der Waals surface area contributed by atoms with Gasteiger partial charge in [0, 0.05) is 25.8 Å². The summed E-state index contributed by atoms with van der Waals surface area (Å²) in [5.74, 6) is 0.330. The Balaban J connectivity index is 2.35. The predicted octanol–water partition coefficient (Wildman–Crippen LogP) is 3.12. The van der Waals surface area contributed by atoms with Crippen LogP contribution in [-0.2, 0) is 10.0 Å². The van der Waals surface area contributed by atoms with Crippen molar-refractivity contribution in [2.24, 2.45) is 0 Å². The van der Waals surface area contributed by atoms with Crippen molar-refractivity contribution < 1.29 is 13.2 Å². The van der Waals surface area contributed by atoms with Crippen LogP contribution >= 0.6 is 0 Å². The van der Waals surface area contributed by atoms with E-state index in [4.69, 9.17) is 4.74 Å². The molecule has 0 aliphatic rings. The van der Waals surface area contributed by atoms with Gasteiger partial charge in [-0.15, -0.1) is 0 Å².